The van der Waals surface area contributed by atoms with Crippen LogP contribution in [0.3, 0.4) is 0 Å². The zero-order chi connectivity index (χ0) is 29.1. The van der Waals surface area contributed by atoms with Gasteiger partial charge < -0.3 is 21.3 Å². The van der Waals surface area contributed by atoms with Gasteiger partial charge in [-0.2, -0.15) is 4.98 Å². The standard InChI is InChI=1S/C20H24N2O2.C12H13ClN4/c1-3-13-12-22-9-7-14(13)10-19(22)20(23)16-6-8-21-18-5-4-15(24-2)11-17(16)18;1-2-9-10(11(14)17-12(15)16-9)7-3-5-8(13)6-4-7/h3-6,8,11,13-14,19-20,23H,1,7,9-10,12H2,2H3;3-6H,2H2,1H3,(H4,14,15,16,17)/t13-,14-,19+,20-;/m0./s1. The molecule has 3 fully saturated rings. The largest absolute Gasteiger partial charge is 0.497 e. The van der Waals surface area contributed by atoms with Gasteiger partial charge in [-0.3, -0.25) is 9.88 Å². The highest BCUT2D eigenvalue weighted by Gasteiger charge is 2.42. The number of hydrogen-bond acceptors (Lipinski definition) is 8. The molecule has 3 aliphatic heterocycles. The molecule has 41 heavy (non-hydrogen) atoms. The number of rotatable bonds is 6. The smallest absolute Gasteiger partial charge is 0.222 e. The minimum atomic E-state index is -0.504. The number of hydrogen-bond donors (Lipinski definition) is 3. The van der Waals surface area contributed by atoms with Crippen molar-refractivity contribution >= 4 is 34.3 Å². The Labute approximate surface area is 246 Å². The third-order valence-electron chi connectivity index (χ3n) is 8.32. The van der Waals surface area contributed by atoms with E-state index < -0.39 is 6.10 Å². The average Bonchev–Trinajstić information content (AvgIpc) is 3.00. The highest BCUT2D eigenvalue weighted by atomic mass is 35.5. The number of aliphatic hydroxyl groups is 1. The van der Waals surface area contributed by atoms with Crippen LogP contribution in [-0.4, -0.2) is 51.2 Å². The number of aromatic nitrogens is 3. The second-order valence-corrected chi connectivity index (χ2v) is 11.1. The van der Waals surface area contributed by atoms with Crippen LogP contribution in [0.1, 0.15) is 37.1 Å². The maximum atomic E-state index is 11.2. The Bertz CT molecular complexity index is 1530. The molecular formula is C32H37ClN6O2. The van der Waals surface area contributed by atoms with E-state index >= 15 is 0 Å². The van der Waals surface area contributed by atoms with E-state index in [2.05, 4.69) is 32.5 Å². The number of pyridine rings is 1. The SMILES string of the molecule is C=C[C@H]1C[N@]2CC[C@H]1C[C@@H]2[C@@H](O)c1ccnc2ccc(OC)cc12.CCc1nc(N)nc(N)c1-c1ccc(Cl)cc1. The van der Waals surface area contributed by atoms with Crippen LogP contribution >= 0.6 is 11.6 Å². The molecule has 0 radical (unpaired) electrons. The monoisotopic (exact) mass is 572 g/mol. The summed E-state index contributed by atoms with van der Waals surface area (Å²) in [6, 6.07) is 15.4. The maximum absolute atomic E-state index is 11.2. The first-order valence-corrected chi connectivity index (χ1v) is 14.4. The first-order valence-electron chi connectivity index (χ1n) is 14.0. The lowest BCUT2D eigenvalue weighted by Gasteiger charge is -2.50. The number of ether oxygens (including phenoxy) is 1. The molecule has 5 heterocycles. The minimum absolute atomic E-state index is 0.178. The summed E-state index contributed by atoms with van der Waals surface area (Å²) in [4.78, 5) is 15.1. The number of nitrogen functional groups attached to an aromatic ring is 2. The van der Waals surface area contributed by atoms with Gasteiger partial charge in [-0.25, -0.2) is 4.98 Å². The van der Waals surface area contributed by atoms with Crippen LogP contribution in [0, 0.1) is 11.8 Å². The Morgan fingerprint density at radius 2 is 1.95 bits per heavy atom. The van der Waals surface area contributed by atoms with Crippen molar-refractivity contribution in [3.05, 3.63) is 83.7 Å². The highest BCUT2D eigenvalue weighted by molar-refractivity contribution is 6.30. The predicted molar refractivity (Wildman–Crippen MR) is 166 cm³/mol. The van der Waals surface area contributed by atoms with Gasteiger partial charge in [-0.1, -0.05) is 36.7 Å². The summed E-state index contributed by atoms with van der Waals surface area (Å²) in [5.41, 5.74) is 16.0. The van der Waals surface area contributed by atoms with Crippen molar-refractivity contribution in [3.8, 4) is 16.9 Å². The maximum Gasteiger partial charge on any atom is 0.222 e. The van der Waals surface area contributed by atoms with E-state index in [1.54, 1.807) is 13.3 Å². The first-order chi connectivity index (χ1) is 19.8. The van der Waals surface area contributed by atoms with Crippen molar-refractivity contribution in [2.24, 2.45) is 11.8 Å². The summed E-state index contributed by atoms with van der Waals surface area (Å²) >= 11 is 5.86. The number of anilines is 2. The third-order valence-corrected chi connectivity index (χ3v) is 8.57. The van der Waals surface area contributed by atoms with Crippen LogP contribution in [0.5, 0.6) is 5.75 Å². The zero-order valence-corrected chi connectivity index (χ0v) is 24.3. The predicted octanol–water partition coefficient (Wildman–Crippen LogP) is 5.70. The Balaban J connectivity index is 0.000000175. The summed E-state index contributed by atoms with van der Waals surface area (Å²) in [5, 5.41) is 12.8. The molecule has 4 aromatic rings. The van der Waals surface area contributed by atoms with Crippen molar-refractivity contribution in [2.45, 2.75) is 38.3 Å². The Kier molecular flexibility index (Phi) is 8.73. The van der Waals surface area contributed by atoms with Gasteiger partial charge in [0.2, 0.25) is 5.95 Å². The van der Waals surface area contributed by atoms with Crippen LogP contribution < -0.4 is 16.2 Å². The molecule has 3 aliphatic rings. The first kappa shape index (κ1) is 28.8. The quantitative estimate of drug-likeness (QED) is 0.251. The molecule has 5 N–H and O–H groups in total. The number of methoxy groups -OCH3 is 1. The van der Waals surface area contributed by atoms with Crippen LogP contribution in [0.15, 0.2) is 67.4 Å². The lowest BCUT2D eigenvalue weighted by molar-refractivity contribution is -0.0444. The summed E-state index contributed by atoms with van der Waals surface area (Å²) < 4.78 is 5.35. The fourth-order valence-electron chi connectivity index (χ4n) is 6.18. The molecular weight excluding hydrogens is 536 g/mol. The van der Waals surface area contributed by atoms with E-state index in [1.165, 1.54) is 6.42 Å². The zero-order valence-electron chi connectivity index (χ0n) is 23.5. The number of nitrogens with two attached hydrogens (primary N) is 2. The number of piperidine rings is 3. The van der Waals surface area contributed by atoms with Crippen molar-refractivity contribution in [1.29, 1.82) is 0 Å². The van der Waals surface area contributed by atoms with Crippen molar-refractivity contribution in [2.75, 3.05) is 31.7 Å². The molecule has 2 aromatic carbocycles. The van der Waals surface area contributed by atoms with Crippen LogP contribution in [0.4, 0.5) is 11.8 Å². The summed E-state index contributed by atoms with van der Waals surface area (Å²) in [5.74, 6) is 2.61. The number of aliphatic hydroxyl groups excluding tert-OH is 1. The lowest BCUT2D eigenvalue weighted by Crippen LogP contribution is -2.54. The number of aryl methyl sites for hydroxylation is 1. The van der Waals surface area contributed by atoms with Gasteiger partial charge in [0.15, 0.2) is 0 Å². The summed E-state index contributed by atoms with van der Waals surface area (Å²) in [6.45, 7) is 8.07. The van der Waals surface area contributed by atoms with Crippen LogP contribution in [-0.2, 0) is 6.42 Å². The second kappa shape index (κ2) is 12.4. The molecule has 0 unspecified atom stereocenters. The van der Waals surface area contributed by atoms with Gasteiger partial charge in [0, 0.05) is 34.8 Å². The van der Waals surface area contributed by atoms with E-state index in [9.17, 15) is 5.11 Å². The Hall–Kier alpha value is -3.72. The molecule has 5 atom stereocenters. The summed E-state index contributed by atoms with van der Waals surface area (Å²) in [6.07, 6.45) is 6.37. The van der Waals surface area contributed by atoms with Crippen LogP contribution in [0.2, 0.25) is 5.02 Å². The fraction of sp³-hybridized carbons (Fsp3) is 0.344. The molecule has 0 aliphatic carbocycles. The molecule has 0 saturated carbocycles. The molecule has 7 rings (SSSR count). The fourth-order valence-corrected chi connectivity index (χ4v) is 6.30. The van der Waals surface area contributed by atoms with Crippen molar-refractivity contribution in [1.82, 2.24) is 19.9 Å². The van der Waals surface area contributed by atoms with E-state index in [0.29, 0.717) is 22.7 Å². The third kappa shape index (κ3) is 6.00. The number of halogens is 1. The molecule has 214 valence electrons. The van der Waals surface area contributed by atoms with E-state index in [0.717, 1.165) is 65.0 Å². The van der Waals surface area contributed by atoms with E-state index in [-0.39, 0.29) is 12.0 Å². The van der Waals surface area contributed by atoms with Gasteiger partial charge >= 0.3 is 0 Å². The molecule has 9 heteroatoms. The molecule has 0 spiro atoms. The van der Waals surface area contributed by atoms with Gasteiger partial charge in [-0.15, -0.1) is 6.58 Å². The van der Waals surface area contributed by atoms with E-state index in [4.69, 9.17) is 27.8 Å². The molecule has 8 nitrogen and oxygen atoms in total. The topological polar surface area (TPSA) is 123 Å². The number of nitrogens with zero attached hydrogens (tertiary/aromatic N) is 4. The van der Waals surface area contributed by atoms with Gasteiger partial charge in [-0.05, 0) is 85.2 Å². The number of benzene rings is 2. The van der Waals surface area contributed by atoms with Crippen LogP contribution in [0.25, 0.3) is 22.0 Å². The molecule has 2 aromatic heterocycles. The van der Waals surface area contributed by atoms with Crippen molar-refractivity contribution < 1.29 is 9.84 Å². The van der Waals surface area contributed by atoms with Gasteiger partial charge in [0.25, 0.3) is 0 Å². The molecule has 3 saturated heterocycles. The van der Waals surface area contributed by atoms with Gasteiger partial charge in [0.1, 0.15) is 11.6 Å². The van der Waals surface area contributed by atoms with Crippen molar-refractivity contribution in [3.63, 3.8) is 0 Å². The summed E-state index contributed by atoms with van der Waals surface area (Å²) in [7, 11) is 1.66. The minimum Gasteiger partial charge on any atom is -0.497 e. The second-order valence-electron chi connectivity index (χ2n) is 10.6. The van der Waals surface area contributed by atoms with Gasteiger partial charge in [0.05, 0.1) is 24.4 Å². The molecule has 0 amide bonds. The average molecular weight is 573 g/mol. The highest BCUT2D eigenvalue weighted by Crippen LogP contribution is 2.42. The Morgan fingerprint density at radius 3 is 2.61 bits per heavy atom. The Morgan fingerprint density at radius 1 is 1.17 bits per heavy atom. The van der Waals surface area contributed by atoms with E-state index in [1.807, 2.05) is 55.5 Å². The number of fused-ring (bicyclic) bond motifs is 4. The normalized spacial score (nSPS) is 22.0. The molecule has 2 bridgehead atoms. The lowest BCUT2D eigenvalue weighted by atomic mass is 9.73.